The van der Waals surface area contributed by atoms with E-state index < -0.39 is 34.9 Å². The van der Waals surface area contributed by atoms with Crippen molar-refractivity contribution in [3.63, 3.8) is 0 Å². The number of hydrogen-bond donors (Lipinski definition) is 0. The molecule has 1 atom stereocenters. The Bertz CT molecular complexity index is 661. The normalized spacial score (nSPS) is 17.4. The van der Waals surface area contributed by atoms with Gasteiger partial charge in [0.15, 0.2) is 11.6 Å². The smallest absolute Gasteiger partial charge is 0.428 e. The second-order valence-corrected chi connectivity index (χ2v) is 5.74. The summed E-state index contributed by atoms with van der Waals surface area (Å²) in [5, 5.41) is 0. The van der Waals surface area contributed by atoms with Crippen LogP contribution in [0.2, 0.25) is 0 Å². The first-order valence-electron chi connectivity index (χ1n) is 6.80. The van der Waals surface area contributed by atoms with Gasteiger partial charge in [0.25, 0.3) is 5.43 Å². The maximum atomic E-state index is 13.7. The van der Waals surface area contributed by atoms with Crippen LogP contribution in [0.15, 0.2) is 35.1 Å². The molecular weight excluding hydrogens is 291 g/mol. The summed E-state index contributed by atoms with van der Waals surface area (Å²) in [4.78, 5) is 23.9. The second kappa shape index (κ2) is 6.27. The molecule has 118 valence electrons. The summed E-state index contributed by atoms with van der Waals surface area (Å²) in [5.74, 6) is -1.44. The zero-order valence-electron chi connectivity index (χ0n) is 12.6. The summed E-state index contributed by atoms with van der Waals surface area (Å²) in [6, 6.07) is 3.85. The van der Waals surface area contributed by atoms with Crippen LogP contribution in [-0.4, -0.2) is 18.4 Å². The molecule has 1 aliphatic rings. The first-order chi connectivity index (χ1) is 10.3. The molecule has 22 heavy (non-hydrogen) atoms. The fourth-order valence-electron chi connectivity index (χ4n) is 1.90. The molecule has 1 unspecified atom stereocenters. The Morgan fingerprint density at radius 1 is 1.36 bits per heavy atom. The van der Waals surface area contributed by atoms with Gasteiger partial charge >= 0.3 is 6.16 Å². The third-order valence-electron chi connectivity index (χ3n) is 2.77. The summed E-state index contributed by atoms with van der Waals surface area (Å²) in [6.45, 7) is 5.33. The van der Waals surface area contributed by atoms with Gasteiger partial charge < -0.3 is 14.2 Å². The SMILES string of the molecule is CC(C)(C)OC(=O)Oc1c(C2C=CCO2)cccc(F)c1=O. The Morgan fingerprint density at radius 3 is 2.68 bits per heavy atom. The van der Waals surface area contributed by atoms with Gasteiger partial charge in [-0.15, -0.1) is 0 Å². The topological polar surface area (TPSA) is 61.8 Å². The predicted molar refractivity (Wildman–Crippen MR) is 77.4 cm³/mol. The number of rotatable bonds is 2. The van der Waals surface area contributed by atoms with Gasteiger partial charge in [-0.3, -0.25) is 4.79 Å². The van der Waals surface area contributed by atoms with E-state index in [0.29, 0.717) is 6.61 Å². The minimum absolute atomic E-state index is 0.272. The van der Waals surface area contributed by atoms with Crippen molar-refractivity contribution >= 4 is 6.16 Å². The lowest BCUT2D eigenvalue weighted by molar-refractivity contribution is 0.0196. The monoisotopic (exact) mass is 308 g/mol. The van der Waals surface area contributed by atoms with E-state index in [9.17, 15) is 14.0 Å². The lowest BCUT2D eigenvalue weighted by atomic mass is 10.1. The van der Waals surface area contributed by atoms with Crippen LogP contribution in [0.3, 0.4) is 0 Å². The predicted octanol–water partition coefficient (Wildman–Crippen LogP) is 3.13. The molecule has 0 radical (unpaired) electrons. The average molecular weight is 308 g/mol. The molecule has 0 aliphatic carbocycles. The minimum atomic E-state index is -1.07. The molecule has 1 aromatic carbocycles. The first kappa shape index (κ1) is 16.2. The van der Waals surface area contributed by atoms with Gasteiger partial charge in [0.1, 0.15) is 11.7 Å². The van der Waals surface area contributed by atoms with Crippen LogP contribution in [0.5, 0.6) is 5.75 Å². The van der Waals surface area contributed by atoms with E-state index in [1.807, 2.05) is 0 Å². The van der Waals surface area contributed by atoms with Crippen molar-refractivity contribution in [2.24, 2.45) is 0 Å². The zero-order valence-corrected chi connectivity index (χ0v) is 12.6. The highest BCUT2D eigenvalue weighted by atomic mass is 19.1. The fraction of sp³-hybridized carbons (Fsp3) is 0.375. The Balaban J connectivity index is 2.42. The van der Waals surface area contributed by atoms with E-state index in [1.54, 1.807) is 32.9 Å². The van der Waals surface area contributed by atoms with Crippen LogP contribution >= 0.6 is 0 Å². The molecule has 6 heteroatoms. The highest BCUT2D eigenvalue weighted by molar-refractivity contribution is 5.65. The number of carbonyl (C=O) groups excluding carboxylic acids is 1. The molecule has 2 rings (SSSR count). The largest absolute Gasteiger partial charge is 0.514 e. The quantitative estimate of drug-likeness (QED) is 0.620. The maximum absolute atomic E-state index is 13.7. The van der Waals surface area contributed by atoms with Gasteiger partial charge in [0, 0.05) is 5.56 Å². The second-order valence-electron chi connectivity index (χ2n) is 5.74. The van der Waals surface area contributed by atoms with E-state index in [-0.39, 0.29) is 5.56 Å². The summed E-state index contributed by atoms with van der Waals surface area (Å²) < 4.78 is 29.0. The van der Waals surface area contributed by atoms with E-state index >= 15 is 0 Å². The molecule has 1 aromatic rings. The molecule has 0 fully saturated rings. The van der Waals surface area contributed by atoms with Crippen molar-refractivity contribution in [3.8, 4) is 5.75 Å². The number of halogens is 1. The van der Waals surface area contributed by atoms with E-state index in [4.69, 9.17) is 14.2 Å². The third-order valence-corrected chi connectivity index (χ3v) is 2.77. The summed E-state index contributed by atoms with van der Waals surface area (Å²) in [7, 11) is 0. The van der Waals surface area contributed by atoms with Crippen molar-refractivity contribution in [1.82, 2.24) is 0 Å². The Morgan fingerprint density at radius 2 is 2.09 bits per heavy atom. The average Bonchev–Trinajstić information content (AvgIpc) is 2.88. The standard InChI is InChI=1S/C16H17FO5/c1-16(2,3)22-15(19)21-14-10(12-8-5-9-20-12)6-4-7-11(17)13(14)18/h4-8,12H,9H2,1-3H3. The molecule has 0 aromatic heterocycles. The van der Waals surface area contributed by atoms with Crippen molar-refractivity contribution in [2.75, 3.05) is 6.61 Å². The van der Waals surface area contributed by atoms with Crippen molar-refractivity contribution in [1.29, 1.82) is 0 Å². The van der Waals surface area contributed by atoms with Crippen molar-refractivity contribution in [2.45, 2.75) is 32.5 Å². The number of carbonyl (C=O) groups is 1. The number of hydrogen-bond acceptors (Lipinski definition) is 5. The van der Waals surface area contributed by atoms with Gasteiger partial charge in [-0.05, 0) is 26.8 Å². The van der Waals surface area contributed by atoms with Gasteiger partial charge in [-0.1, -0.05) is 24.3 Å². The van der Waals surface area contributed by atoms with Gasteiger partial charge in [-0.25, -0.2) is 9.18 Å². The third kappa shape index (κ3) is 3.92. The van der Waals surface area contributed by atoms with E-state index in [1.165, 1.54) is 12.1 Å². The lowest BCUT2D eigenvalue weighted by Crippen LogP contribution is -2.27. The summed E-state index contributed by atoms with van der Waals surface area (Å²) in [6.07, 6.45) is 1.82. The van der Waals surface area contributed by atoms with Crippen LogP contribution in [0.25, 0.3) is 0 Å². The van der Waals surface area contributed by atoms with Crippen LogP contribution in [0.4, 0.5) is 9.18 Å². The van der Waals surface area contributed by atoms with Crippen LogP contribution in [0.1, 0.15) is 32.4 Å². The minimum Gasteiger partial charge on any atom is -0.428 e. The first-order valence-corrected chi connectivity index (χ1v) is 6.80. The zero-order chi connectivity index (χ0) is 16.3. The highest BCUT2D eigenvalue weighted by Crippen LogP contribution is 2.29. The van der Waals surface area contributed by atoms with Crippen LogP contribution in [0, 0.1) is 5.82 Å². The maximum Gasteiger partial charge on any atom is 0.514 e. The summed E-state index contributed by atoms with van der Waals surface area (Å²) >= 11 is 0. The van der Waals surface area contributed by atoms with E-state index in [0.717, 1.165) is 6.07 Å². The molecule has 1 aliphatic heterocycles. The molecular formula is C16H17FO5. The fourth-order valence-corrected chi connectivity index (χ4v) is 1.90. The molecule has 0 N–H and O–H groups in total. The highest BCUT2D eigenvalue weighted by Gasteiger charge is 2.25. The Hall–Kier alpha value is -2.21. The molecule has 5 nitrogen and oxygen atoms in total. The van der Waals surface area contributed by atoms with Gasteiger partial charge in [-0.2, -0.15) is 0 Å². The van der Waals surface area contributed by atoms with Crippen molar-refractivity contribution in [3.05, 3.63) is 52.0 Å². The Labute approximate surface area is 127 Å². The van der Waals surface area contributed by atoms with Crippen LogP contribution < -0.4 is 10.2 Å². The van der Waals surface area contributed by atoms with Crippen molar-refractivity contribution < 1.29 is 23.4 Å². The molecule has 0 saturated heterocycles. The molecule has 0 amide bonds. The van der Waals surface area contributed by atoms with Gasteiger partial charge in [0.2, 0.25) is 0 Å². The number of ether oxygens (including phenoxy) is 3. The van der Waals surface area contributed by atoms with E-state index in [2.05, 4.69) is 0 Å². The van der Waals surface area contributed by atoms with Gasteiger partial charge in [0.05, 0.1) is 6.61 Å². The summed E-state index contributed by atoms with van der Waals surface area (Å²) in [5.41, 5.74) is -1.54. The van der Waals surface area contributed by atoms with Crippen LogP contribution in [-0.2, 0) is 9.47 Å². The molecule has 0 saturated carbocycles. The Kier molecular flexibility index (Phi) is 4.61. The molecule has 1 heterocycles. The molecule has 0 spiro atoms. The molecule has 0 bridgehead atoms. The lowest BCUT2D eigenvalue weighted by Gasteiger charge is -2.19.